The third-order valence-electron chi connectivity index (χ3n) is 1.45. The Kier molecular flexibility index (Phi) is 2.85. The number of nitrogens with zero attached hydrogens (tertiary/aromatic N) is 3. The predicted octanol–water partition coefficient (Wildman–Crippen LogP) is 0.974. The van der Waals surface area contributed by atoms with Crippen LogP contribution in [0.5, 0.6) is 0 Å². The Morgan fingerprint density at radius 3 is 2.58 bits per heavy atom. The highest BCUT2D eigenvalue weighted by molar-refractivity contribution is 5.59. The highest BCUT2D eigenvalue weighted by Gasteiger charge is 2.03. The van der Waals surface area contributed by atoms with E-state index in [9.17, 15) is 0 Å². The van der Waals surface area contributed by atoms with Crippen LogP contribution in [-0.2, 0) is 0 Å². The highest BCUT2D eigenvalue weighted by atomic mass is 15.2. The average molecular weight is 166 g/mol. The van der Waals surface area contributed by atoms with Crippen molar-refractivity contribution in [3.05, 3.63) is 12.4 Å². The summed E-state index contributed by atoms with van der Waals surface area (Å²) in [5.74, 6) is 1.71. The first-order valence-corrected chi connectivity index (χ1v) is 3.98. The fourth-order valence-corrected chi connectivity index (χ4v) is 0.950. The number of anilines is 2. The van der Waals surface area contributed by atoms with Crippen LogP contribution in [0.15, 0.2) is 12.4 Å². The van der Waals surface area contributed by atoms with E-state index < -0.39 is 0 Å². The van der Waals surface area contributed by atoms with Gasteiger partial charge in [0.15, 0.2) is 11.6 Å². The van der Waals surface area contributed by atoms with Gasteiger partial charge in [-0.15, -0.1) is 0 Å². The molecule has 0 spiro atoms. The second kappa shape index (κ2) is 3.90. The molecule has 0 radical (unpaired) electrons. The number of hydrogen-bond donors (Lipinski definition) is 1. The quantitative estimate of drug-likeness (QED) is 0.726. The topological polar surface area (TPSA) is 41.1 Å². The summed E-state index contributed by atoms with van der Waals surface area (Å²) in [5.41, 5.74) is 0. The first-order chi connectivity index (χ1) is 5.75. The van der Waals surface area contributed by atoms with Gasteiger partial charge in [0.05, 0.1) is 0 Å². The molecule has 0 aliphatic heterocycles. The lowest BCUT2D eigenvalue weighted by Crippen LogP contribution is -2.14. The molecule has 0 saturated heterocycles. The Hall–Kier alpha value is -1.32. The van der Waals surface area contributed by atoms with Gasteiger partial charge in [-0.25, -0.2) is 9.97 Å². The van der Waals surface area contributed by atoms with E-state index in [1.54, 1.807) is 12.4 Å². The summed E-state index contributed by atoms with van der Waals surface area (Å²) in [6, 6.07) is 0. The summed E-state index contributed by atoms with van der Waals surface area (Å²) in [5, 5.41) is 3.14. The lowest BCUT2D eigenvalue weighted by atomic mass is 10.5. The van der Waals surface area contributed by atoms with Gasteiger partial charge in [0.1, 0.15) is 0 Å². The molecule has 66 valence electrons. The molecule has 0 aliphatic rings. The maximum absolute atomic E-state index is 4.20. The van der Waals surface area contributed by atoms with Gasteiger partial charge in [-0.1, -0.05) is 0 Å². The van der Waals surface area contributed by atoms with E-state index in [1.807, 2.05) is 25.9 Å². The van der Waals surface area contributed by atoms with Crippen molar-refractivity contribution in [3.8, 4) is 0 Å². The molecule has 0 aliphatic carbocycles. The number of aromatic nitrogens is 2. The molecule has 0 bridgehead atoms. The van der Waals surface area contributed by atoms with Crippen LogP contribution in [0.1, 0.15) is 6.92 Å². The normalized spacial score (nSPS) is 9.58. The zero-order valence-corrected chi connectivity index (χ0v) is 7.70. The van der Waals surface area contributed by atoms with E-state index in [-0.39, 0.29) is 0 Å². The van der Waals surface area contributed by atoms with Gasteiger partial charge < -0.3 is 10.2 Å². The van der Waals surface area contributed by atoms with Crippen LogP contribution in [-0.4, -0.2) is 30.6 Å². The SMILES string of the molecule is CCNc1nccnc1N(C)C. The smallest absolute Gasteiger partial charge is 0.171 e. The molecule has 0 saturated carbocycles. The first-order valence-electron chi connectivity index (χ1n) is 3.98. The molecule has 0 unspecified atom stereocenters. The van der Waals surface area contributed by atoms with Crippen molar-refractivity contribution in [2.24, 2.45) is 0 Å². The molecule has 0 atom stereocenters. The van der Waals surface area contributed by atoms with Crippen molar-refractivity contribution in [2.75, 3.05) is 30.9 Å². The molecular formula is C8H14N4. The lowest BCUT2D eigenvalue weighted by molar-refractivity contribution is 1.03. The third kappa shape index (κ3) is 1.84. The molecule has 1 N–H and O–H groups in total. The number of nitrogens with one attached hydrogen (secondary N) is 1. The minimum absolute atomic E-state index is 0.838. The minimum atomic E-state index is 0.838. The maximum Gasteiger partial charge on any atom is 0.171 e. The van der Waals surface area contributed by atoms with Crippen LogP contribution in [0, 0.1) is 0 Å². The molecular weight excluding hydrogens is 152 g/mol. The minimum Gasteiger partial charge on any atom is -0.367 e. The molecule has 12 heavy (non-hydrogen) atoms. The molecule has 1 rings (SSSR count). The zero-order chi connectivity index (χ0) is 8.97. The Morgan fingerprint density at radius 2 is 2.00 bits per heavy atom. The van der Waals surface area contributed by atoms with Crippen molar-refractivity contribution in [2.45, 2.75) is 6.92 Å². The van der Waals surface area contributed by atoms with Crippen LogP contribution < -0.4 is 10.2 Å². The Bertz CT molecular complexity index is 247. The van der Waals surface area contributed by atoms with Crippen LogP contribution in [0.25, 0.3) is 0 Å². The fraction of sp³-hybridized carbons (Fsp3) is 0.500. The summed E-state index contributed by atoms with van der Waals surface area (Å²) in [7, 11) is 3.90. The van der Waals surface area contributed by atoms with Crippen LogP contribution >= 0.6 is 0 Å². The third-order valence-corrected chi connectivity index (χ3v) is 1.45. The van der Waals surface area contributed by atoms with Crippen LogP contribution in [0.3, 0.4) is 0 Å². The van der Waals surface area contributed by atoms with Crippen molar-refractivity contribution in [3.63, 3.8) is 0 Å². The van der Waals surface area contributed by atoms with E-state index in [4.69, 9.17) is 0 Å². The molecule has 1 heterocycles. The summed E-state index contributed by atoms with van der Waals surface area (Å²) >= 11 is 0. The Balaban J connectivity index is 2.92. The molecule has 4 heteroatoms. The lowest BCUT2D eigenvalue weighted by Gasteiger charge is -2.14. The second-order valence-corrected chi connectivity index (χ2v) is 2.65. The molecule has 4 nitrogen and oxygen atoms in total. The van der Waals surface area contributed by atoms with Gasteiger partial charge in [-0.05, 0) is 6.92 Å². The highest BCUT2D eigenvalue weighted by Crippen LogP contribution is 2.16. The van der Waals surface area contributed by atoms with E-state index in [0.717, 1.165) is 18.2 Å². The zero-order valence-electron chi connectivity index (χ0n) is 7.70. The van der Waals surface area contributed by atoms with Crippen molar-refractivity contribution >= 4 is 11.6 Å². The maximum atomic E-state index is 4.20. The van der Waals surface area contributed by atoms with Gasteiger partial charge in [0, 0.05) is 33.0 Å². The second-order valence-electron chi connectivity index (χ2n) is 2.65. The van der Waals surface area contributed by atoms with Crippen molar-refractivity contribution in [1.82, 2.24) is 9.97 Å². The van der Waals surface area contributed by atoms with E-state index >= 15 is 0 Å². The monoisotopic (exact) mass is 166 g/mol. The predicted molar refractivity (Wildman–Crippen MR) is 50.5 cm³/mol. The van der Waals surface area contributed by atoms with Crippen molar-refractivity contribution < 1.29 is 0 Å². The van der Waals surface area contributed by atoms with E-state index in [0.29, 0.717) is 0 Å². The molecule has 1 aromatic rings. The van der Waals surface area contributed by atoms with Crippen molar-refractivity contribution in [1.29, 1.82) is 0 Å². The standard InChI is InChI=1S/C8H14N4/c1-4-9-7-8(12(2)3)11-6-5-10-7/h5-6H,4H2,1-3H3,(H,9,10). The first kappa shape index (κ1) is 8.77. The van der Waals surface area contributed by atoms with Crippen LogP contribution in [0.4, 0.5) is 11.6 Å². The summed E-state index contributed by atoms with van der Waals surface area (Å²) in [6.45, 7) is 2.90. The molecule has 0 amide bonds. The Labute approximate surface area is 72.6 Å². The molecule has 0 fully saturated rings. The number of rotatable bonds is 3. The van der Waals surface area contributed by atoms with Crippen LogP contribution in [0.2, 0.25) is 0 Å². The average Bonchev–Trinajstić information content (AvgIpc) is 2.05. The summed E-state index contributed by atoms with van der Waals surface area (Å²) in [4.78, 5) is 10.3. The van der Waals surface area contributed by atoms with Gasteiger partial charge >= 0.3 is 0 Å². The Morgan fingerprint density at radius 1 is 1.33 bits per heavy atom. The number of hydrogen-bond acceptors (Lipinski definition) is 4. The molecule has 0 aromatic carbocycles. The van der Waals surface area contributed by atoms with E-state index in [1.165, 1.54) is 0 Å². The van der Waals surface area contributed by atoms with Gasteiger partial charge in [-0.3, -0.25) is 0 Å². The van der Waals surface area contributed by atoms with Gasteiger partial charge in [0.2, 0.25) is 0 Å². The van der Waals surface area contributed by atoms with E-state index in [2.05, 4.69) is 15.3 Å². The molecule has 1 aromatic heterocycles. The summed E-state index contributed by atoms with van der Waals surface area (Å²) in [6.07, 6.45) is 3.38. The fourth-order valence-electron chi connectivity index (χ4n) is 0.950. The van der Waals surface area contributed by atoms with Gasteiger partial charge in [0.25, 0.3) is 0 Å². The largest absolute Gasteiger partial charge is 0.367 e. The summed E-state index contributed by atoms with van der Waals surface area (Å²) < 4.78 is 0. The van der Waals surface area contributed by atoms with Gasteiger partial charge in [-0.2, -0.15) is 0 Å².